The molecular formula is C14H19BrN2O3. The first kappa shape index (κ1) is 16.5. The predicted octanol–water partition coefficient (Wildman–Crippen LogP) is 3.70. The molecule has 0 heterocycles. The van der Waals surface area contributed by atoms with Crippen molar-refractivity contribution in [2.45, 2.75) is 33.2 Å². The molecule has 20 heavy (non-hydrogen) atoms. The highest BCUT2D eigenvalue weighted by Crippen LogP contribution is 2.23. The van der Waals surface area contributed by atoms with E-state index in [1.165, 1.54) is 12.1 Å². The summed E-state index contributed by atoms with van der Waals surface area (Å²) in [5, 5.41) is 14.5. The number of carboxylic acids is 1. The van der Waals surface area contributed by atoms with Crippen molar-refractivity contribution in [3.05, 3.63) is 28.2 Å². The third kappa shape index (κ3) is 4.52. The Morgan fingerprint density at radius 1 is 1.35 bits per heavy atom. The van der Waals surface area contributed by atoms with E-state index >= 15 is 0 Å². The Kier molecular flexibility index (Phi) is 6.01. The van der Waals surface area contributed by atoms with E-state index in [2.05, 4.69) is 26.6 Å². The minimum atomic E-state index is -1.03. The first-order valence-corrected chi connectivity index (χ1v) is 7.24. The quantitative estimate of drug-likeness (QED) is 0.763. The van der Waals surface area contributed by atoms with E-state index < -0.39 is 5.97 Å². The van der Waals surface area contributed by atoms with Crippen molar-refractivity contribution in [2.24, 2.45) is 5.92 Å². The van der Waals surface area contributed by atoms with E-state index in [1.54, 1.807) is 6.07 Å². The maximum Gasteiger partial charge on any atom is 0.335 e. The van der Waals surface area contributed by atoms with Gasteiger partial charge in [-0.15, -0.1) is 0 Å². The van der Waals surface area contributed by atoms with Gasteiger partial charge in [-0.05, 0) is 46.5 Å². The van der Waals surface area contributed by atoms with Gasteiger partial charge in [0.2, 0.25) is 0 Å². The highest BCUT2D eigenvalue weighted by molar-refractivity contribution is 9.10. The minimum absolute atomic E-state index is 0.0800. The summed E-state index contributed by atoms with van der Waals surface area (Å²) >= 11 is 3.28. The molecule has 6 heteroatoms. The number of benzene rings is 1. The minimum Gasteiger partial charge on any atom is -0.478 e. The lowest BCUT2D eigenvalue weighted by atomic mass is 10.0. The Hall–Kier alpha value is -1.56. The molecule has 0 aromatic heterocycles. The highest BCUT2D eigenvalue weighted by Gasteiger charge is 2.15. The molecule has 110 valence electrons. The Morgan fingerprint density at radius 3 is 2.50 bits per heavy atom. The van der Waals surface area contributed by atoms with E-state index in [0.717, 1.165) is 6.42 Å². The van der Waals surface area contributed by atoms with Gasteiger partial charge in [0.05, 0.1) is 11.3 Å². The fourth-order valence-corrected chi connectivity index (χ4v) is 2.17. The summed E-state index contributed by atoms with van der Waals surface area (Å²) in [6.07, 6.45) is 0.835. The number of carbonyl (C=O) groups excluding carboxylic acids is 1. The van der Waals surface area contributed by atoms with Crippen molar-refractivity contribution in [2.75, 3.05) is 5.32 Å². The summed E-state index contributed by atoms with van der Waals surface area (Å²) in [6.45, 7) is 6.08. The van der Waals surface area contributed by atoms with Crippen LogP contribution < -0.4 is 10.6 Å². The molecule has 0 bridgehead atoms. The fourth-order valence-electron chi connectivity index (χ4n) is 1.82. The second-order valence-electron chi connectivity index (χ2n) is 4.86. The lowest BCUT2D eigenvalue weighted by Gasteiger charge is -2.21. The zero-order chi connectivity index (χ0) is 15.3. The van der Waals surface area contributed by atoms with Crippen molar-refractivity contribution in [1.29, 1.82) is 0 Å². The van der Waals surface area contributed by atoms with E-state index in [9.17, 15) is 9.59 Å². The average molecular weight is 343 g/mol. The second kappa shape index (κ2) is 7.28. The highest BCUT2D eigenvalue weighted by atomic mass is 79.9. The zero-order valence-electron chi connectivity index (χ0n) is 11.7. The average Bonchev–Trinajstić information content (AvgIpc) is 2.37. The zero-order valence-corrected chi connectivity index (χ0v) is 13.3. The molecule has 1 aromatic rings. The molecule has 5 nitrogen and oxygen atoms in total. The summed E-state index contributed by atoms with van der Waals surface area (Å²) < 4.78 is 0.634. The van der Waals surface area contributed by atoms with Crippen LogP contribution in [-0.4, -0.2) is 23.1 Å². The van der Waals surface area contributed by atoms with E-state index in [0.29, 0.717) is 16.1 Å². The number of anilines is 1. The molecule has 0 radical (unpaired) electrons. The summed E-state index contributed by atoms with van der Waals surface area (Å²) in [5.74, 6) is -0.700. The molecule has 0 aliphatic heterocycles. The summed E-state index contributed by atoms with van der Waals surface area (Å²) in [6, 6.07) is 4.23. The molecule has 0 spiro atoms. The van der Waals surface area contributed by atoms with Gasteiger partial charge in [0.15, 0.2) is 0 Å². The third-order valence-corrected chi connectivity index (χ3v) is 3.71. The number of carboxylic acid groups (broad SMARTS) is 1. The van der Waals surface area contributed by atoms with Gasteiger partial charge in [0.25, 0.3) is 0 Å². The largest absolute Gasteiger partial charge is 0.478 e. The molecule has 1 atom stereocenters. The Morgan fingerprint density at radius 2 is 2.00 bits per heavy atom. The second-order valence-corrected chi connectivity index (χ2v) is 5.71. The number of nitrogens with one attached hydrogen (secondary N) is 2. The lowest BCUT2D eigenvalue weighted by molar-refractivity contribution is 0.0697. The molecule has 1 unspecified atom stereocenters. The lowest BCUT2D eigenvalue weighted by Crippen LogP contribution is -2.40. The SMILES string of the molecule is CCC(NC(=O)Nc1cc(C(=O)O)ccc1Br)C(C)C. The van der Waals surface area contributed by atoms with Crippen LogP contribution >= 0.6 is 15.9 Å². The van der Waals surface area contributed by atoms with Crippen LogP contribution in [0.25, 0.3) is 0 Å². The van der Waals surface area contributed by atoms with Crippen LogP contribution in [0.5, 0.6) is 0 Å². The molecule has 0 saturated heterocycles. The fraction of sp³-hybridized carbons (Fsp3) is 0.429. The number of hydrogen-bond donors (Lipinski definition) is 3. The molecule has 0 aliphatic rings. The molecule has 1 aromatic carbocycles. The number of aromatic carboxylic acids is 1. The smallest absolute Gasteiger partial charge is 0.335 e. The normalized spacial score (nSPS) is 12.1. The van der Waals surface area contributed by atoms with Crippen LogP contribution in [0, 0.1) is 5.92 Å². The van der Waals surface area contributed by atoms with Crippen LogP contribution in [0.3, 0.4) is 0 Å². The monoisotopic (exact) mass is 342 g/mol. The summed E-state index contributed by atoms with van der Waals surface area (Å²) in [5.41, 5.74) is 0.556. The first-order valence-electron chi connectivity index (χ1n) is 6.45. The summed E-state index contributed by atoms with van der Waals surface area (Å²) in [4.78, 5) is 22.8. The van der Waals surface area contributed by atoms with Gasteiger partial charge >= 0.3 is 12.0 Å². The standard InChI is InChI=1S/C14H19BrN2O3/c1-4-11(8(2)3)16-14(20)17-12-7-9(13(18)19)5-6-10(12)15/h5-8,11H,4H2,1-3H3,(H,18,19)(H2,16,17,20). The van der Waals surface area contributed by atoms with E-state index in [1.807, 2.05) is 20.8 Å². The number of amides is 2. The van der Waals surface area contributed by atoms with Gasteiger partial charge in [-0.1, -0.05) is 20.8 Å². The topological polar surface area (TPSA) is 78.4 Å². The van der Waals surface area contributed by atoms with Crippen molar-refractivity contribution in [1.82, 2.24) is 5.32 Å². The Bertz CT molecular complexity index is 503. The number of rotatable bonds is 5. The van der Waals surface area contributed by atoms with Gasteiger partial charge in [-0.25, -0.2) is 9.59 Å². The van der Waals surface area contributed by atoms with E-state index in [4.69, 9.17) is 5.11 Å². The first-order chi connectivity index (χ1) is 9.35. The number of carbonyl (C=O) groups is 2. The van der Waals surface area contributed by atoms with Crippen LogP contribution in [0.1, 0.15) is 37.6 Å². The third-order valence-electron chi connectivity index (χ3n) is 3.02. The van der Waals surface area contributed by atoms with Gasteiger partial charge in [-0.3, -0.25) is 0 Å². The molecule has 3 N–H and O–H groups in total. The van der Waals surface area contributed by atoms with Crippen molar-refractivity contribution >= 4 is 33.6 Å². The maximum atomic E-state index is 11.9. The molecule has 0 fully saturated rings. The van der Waals surface area contributed by atoms with Crippen LogP contribution in [-0.2, 0) is 0 Å². The molecule has 2 amide bonds. The molecular weight excluding hydrogens is 324 g/mol. The predicted molar refractivity (Wildman–Crippen MR) is 82.2 cm³/mol. The molecule has 0 saturated carbocycles. The Balaban J connectivity index is 2.80. The van der Waals surface area contributed by atoms with Crippen LogP contribution in [0.4, 0.5) is 10.5 Å². The number of hydrogen-bond acceptors (Lipinski definition) is 2. The van der Waals surface area contributed by atoms with Gasteiger partial charge in [0, 0.05) is 10.5 Å². The van der Waals surface area contributed by atoms with Crippen LogP contribution in [0.15, 0.2) is 22.7 Å². The molecule has 0 aliphatic carbocycles. The van der Waals surface area contributed by atoms with Crippen molar-refractivity contribution < 1.29 is 14.7 Å². The van der Waals surface area contributed by atoms with Crippen molar-refractivity contribution in [3.8, 4) is 0 Å². The van der Waals surface area contributed by atoms with Crippen molar-refractivity contribution in [3.63, 3.8) is 0 Å². The van der Waals surface area contributed by atoms with Gasteiger partial charge in [0.1, 0.15) is 0 Å². The van der Waals surface area contributed by atoms with Gasteiger partial charge in [-0.2, -0.15) is 0 Å². The van der Waals surface area contributed by atoms with Gasteiger partial charge < -0.3 is 15.7 Å². The van der Waals surface area contributed by atoms with E-state index in [-0.39, 0.29) is 17.6 Å². The number of urea groups is 1. The summed E-state index contributed by atoms with van der Waals surface area (Å²) in [7, 11) is 0. The maximum absolute atomic E-state index is 11.9. The van der Waals surface area contributed by atoms with Crippen LogP contribution in [0.2, 0.25) is 0 Å². The Labute approximate surface area is 126 Å². The number of halogens is 1. The molecule has 1 rings (SSSR count).